The van der Waals surface area contributed by atoms with Gasteiger partial charge in [-0.3, -0.25) is 4.79 Å². The number of ether oxygens (including phenoxy) is 2. The minimum Gasteiger partial charge on any atom is -0.510 e. The Hall–Kier alpha value is -2.93. The Bertz CT molecular complexity index is 1130. The van der Waals surface area contributed by atoms with Gasteiger partial charge in [-0.05, 0) is 11.6 Å². The Morgan fingerprint density at radius 3 is 2.47 bits per heavy atom. The average molecular weight is 450 g/mol. The zero-order valence-corrected chi connectivity index (χ0v) is 16.5. The zero-order valence-electron chi connectivity index (χ0n) is 16.5. The van der Waals surface area contributed by atoms with Crippen molar-refractivity contribution in [3.63, 3.8) is 0 Å². The van der Waals surface area contributed by atoms with Crippen molar-refractivity contribution >= 4 is 16.5 Å². The molecule has 32 heavy (non-hydrogen) atoms. The Kier molecular flexibility index (Phi) is 5.95. The van der Waals surface area contributed by atoms with E-state index in [-0.39, 0.29) is 34.7 Å². The lowest BCUT2D eigenvalue weighted by Gasteiger charge is -2.41. The quantitative estimate of drug-likeness (QED) is 0.321. The number of aliphatic hydroxyl groups is 5. The molecule has 0 unspecified atom stereocenters. The molecule has 1 aromatic heterocycles. The summed E-state index contributed by atoms with van der Waals surface area (Å²) in [5.74, 6) is -0.864. The number of allylic oxidation sites excluding steroid dienone is 2. The monoisotopic (exact) mass is 450 g/mol. The molecule has 11 heteroatoms. The minimum absolute atomic E-state index is 0.0312. The van der Waals surface area contributed by atoms with Crippen LogP contribution >= 0.6 is 0 Å². The number of hydrogen-bond acceptors (Lipinski definition) is 11. The van der Waals surface area contributed by atoms with Gasteiger partial charge in [0.2, 0.25) is 0 Å². The van der Waals surface area contributed by atoms with Crippen molar-refractivity contribution < 1.29 is 49.6 Å². The molecule has 2 heterocycles. The number of aromatic hydroxyl groups is 2. The summed E-state index contributed by atoms with van der Waals surface area (Å²) in [4.78, 5) is 12.5. The number of rotatable bonds is 4. The maximum atomic E-state index is 12.5. The molecule has 11 nitrogen and oxygen atoms in total. The van der Waals surface area contributed by atoms with E-state index in [0.29, 0.717) is 5.57 Å². The third kappa shape index (κ3) is 3.97. The molecule has 1 aromatic carbocycles. The molecule has 172 valence electrons. The van der Waals surface area contributed by atoms with Crippen LogP contribution in [0.2, 0.25) is 0 Å². The lowest BCUT2D eigenvalue weighted by molar-refractivity contribution is -0.309. The third-order valence-electron chi connectivity index (χ3n) is 5.45. The summed E-state index contributed by atoms with van der Waals surface area (Å²) < 4.78 is 16.6. The standard InChI is InChI=1S/C21H22O11/c22-7-16-18(27)19(28)20(29)21(32-16)31-14-3-8(1-2-10(14)24)13-6-12(26)17-11(25)4-9(23)5-15(17)30-13/h1-2,4-6,14,16,18-25,27-29H,3,7H2/t14-,16+,18+,19-,20+,21+/m0/s1. The van der Waals surface area contributed by atoms with Crippen LogP contribution in [0.25, 0.3) is 16.5 Å². The molecule has 2 aliphatic rings. The second kappa shape index (κ2) is 8.54. The fourth-order valence-corrected chi connectivity index (χ4v) is 3.72. The zero-order chi connectivity index (χ0) is 23.2. The Balaban J connectivity index is 1.59. The van der Waals surface area contributed by atoms with Crippen molar-refractivity contribution in [3.05, 3.63) is 52.1 Å². The van der Waals surface area contributed by atoms with Gasteiger partial charge in [-0.2, -0.15) is 0 Å². The number of fused-ring (bicyclic) bond motifs is 1. The van der Waals surface area contributed by atoms with E-state index in [4.69, 9.17) is 13.9 Å². The van der Waals surface area contributed by atoms with E-state index in [1.807, 2.05) is 0 Å². The number of aliphatic hydroxyl groups excluding tert-OH is 5. The summed E-state index contributed by atoms with van der Waals surface area (Å²) in [6, 6.07) is 3.34. The summed E-state index contributed by atoms with van der Waals surface area (Å²) in [6.45, 7) is -0.635. The molecular weight excluding hydrogens is 428 g/mol. The molecule has 0 amide bonds. The van der Waals surface area contributed by atoms with Gasteiger partial charge in [0.1, 0.15) is 64.5 Å². The van der Waals surface area contributed by atoms with Crippen LogP contribution in [0.3, 0.4) is 0 Å². The highest BCUT2D eigenvalue weighted by molar-refractivity contribution is 5.85. The predicted octanol–water partition coefficient (Wildman–Crippen LogP) is -0.382. The topological polar surface area (TPSA) is 190 Å². The summed E-state index contributed by atoms with van der Waals surface area (Å²) >= 11 is 0. The van der Waals surface area contributed by atoms with Crippen LogP contribution < -0.4 is 5.43 Å². The normalized spacial score (nSPS) is 30.8. The molecule has 0 bridgehead atoms. The smallest absolute Gasteiger partial charge is 0.197 e. The van der Waals surface area contributed by atoms with Crippen LogP contribution in [0.1, 0.15) is 12.2 Å². The van der Waals surface area contributed by atoms with Gasteiger partial charge in [-0.15, -0.1) is 0 Å². The van der Waals surface area contributed by atoms with Crippen LogP contribution in [0.4, 0.5) is 0 Å². The largest absolute Gasteiger partial charge is 0.510 e. The molecule has 0 radical (unpaired) electrons. The van der Waals surface area contributed by atoms with Gasteiger partial charge in [0.25, 0.3) is 0 Å². The second-order valence-electron chi connectivity index (χ2n) is 7.62. The Labute approximate surface area is 180 Å². The molecule has 0 saturated carbocycles. The van der Waals surface area contributed by atoms with Crippen LogP contribution in [0.15, 0.2) is 45.3 Å². The first-order valence-corrected chi connectivity index (χ1v) is 9.75. The fourth-order valence-electron chi connectivity index (χ4n) is 3.72. The number of phenolic OH excluding ortho intramolecular Hbond substituents is 2. The van der Waals surface area contributed by atoms with Gasteiger partial charge in [0.15, 0.2) is 11.7 Å². The van der Waals surface area contributed by atoms with E-state index < -0.39 is 54.6 Å². The lowest BCUT2D eigenvalue weighted by atomic mass is 9.97. The summed E-state index contributed by atoms with van der Waals surface area (Å²) in [5, 5.41) is 69.0. The van der Waals surface area contributed by atoms with Crippen molar-refractivity contribution in [2.24, 2.45) is 0 Å². The van der Waals surface area contributed by atoms with Crippen LogP contribution in [-0.2, 0) is 9.47 Å². The molecule has 1 aliphatic heterocycles. The van der Waals surface area contributed by atoms with Gasteiger partial charge < -0.3 is 49.6 Å². The molecule has 1 aliphatic carbocycles. The molecule has 1 saturated heterocycles. The summed E-state index contributed by atoms with van der Waals surface area (Å²) in [7, 11) is 0. The van der Waals surface area contributed by atoms with Crippen LogP contribution in [0.5, 0.6) is 11.5 Å². The summed E-state index contributed by atoms with van der Waals surface area (Å²) in [6.07, 6.45) is -5.84. The van der Waals surface area contributed by atoms with E-state index in [9.17, 15) is 40.5 Å². The first-order valence-electron chi connectivity index (χ1n) is 9.75. The van der Waals surface area contributed by atoms with E-state index >= 15 is 0 Å². The lowest BCUT2D eigenvalue weighted by Crippen LogP contribution is -2.59. The number of hydrogen-bond donors (Lipinski definition) is 7. The SMILES string of the molecule is O=c1cc(C2=CC=C(O)[C@@H](O[C@@H]3O[C@H](CO)[C@@H](O)[C@H](O)[C@H]3O)C2)oc2cc(O)cc(O)c12. The highest BCUT2D eigenvalue weighted by atomic mass is 16.7. The molecular formula is C21H22O11. The molecule has 1 fully saturated rings. The first-order chi connectivity index (χ1) is 15.2. The molecule has 7 N–H and O–H groups in total. The third-order valence-corrected chi connectivity index (χ3v) is 5.45. The number of phenols is 2. The fraction of sp³-hybridized carbons (Fsp3) is 0.381. The van der Waals surface area contributed by atoms with Gasteiger partial charge in [-0.1, -0.05) is 6.08 Å². The van der Waals surface area contributed by atoms with E-state index in [2.05, 4.69) is 0 Å². The van der Waals surface area contributed by atoms with Gasteiger partial charge in [0, 0.05) is 24.6 Å². The van der Waals surface area contributed by atoms with Gasteiger partial charge in [0.05, 0.1) is 6.61 Å². The Morgan fingerprint density at radius 1 is 1.00 bits per heavy atom. The number of benzene rings is 1. The molecule has 0 spiro atoms. The highest BCUT2D eigenvalue weighted by Gasteiger charge is 2.45. The van der Waals surface area contributed by atoms with Gasteiger partial charge in [-0.25, -0.2) is 0 Å². The average Bonchev–Trinajstić information content (AvgIpc) is 2.74. The molecule has 4 rings (SSSR count). The first kappa shape index (κ1) is 22.3. The van der Waals surface area contributed by atoms with Crippen LogP contribution in [0, 0.1) is 0 Å². The maximum absolute atomic E-state index is 12.5. The molecule has 6 atom stereocenters. The van der Waals surface area contributed by atoms with Crippen LogP contribution in [-0.4, -0.2) is 79.2 Å². The second-order valence-corrected chi connectivity index (χ2v) is 7.62. The van der Waals surface area contributed by atoms with E-state index in [1.54, 1.807) is 0 Å². The van der Waals surface area contributed by atoms with E-state index in [0.717, 1.165) is 12.1 Å². The van der Waals surface area contributed by atoms with Crippen molar-refractivity contribution in [1.29, 1.82) is 0 Å². The van der Waals surface area contributed by atoms with Crippen molar-refractivity contribution in [1.82, 2.24) is 0 Å². The minimum atomic E-state index is -1.65. The summed E-state index contributed by atoms with van der Waals surface area (Å²) in [5.41, 5.74) is -0.180. The van der Waals surface area contributed by atoms with Crippen molar-refractivity contribution in [2.45, 2.75) is 43.2 Å². The van der Waals surface area contributed by atoms with Crippen molar-refractivity contribution in [2.75, 3.05) is 6.61 Å². The Morgan fingerprint density at radius 2 is 1.75 bits per heavy atom. The maximum Gasteiger partial charge on any atom is 0.197 e. The highest BCUT2D eigenvalue weighted by Crippen LogP contribution is 2.34. The molecule has 2 aromatic rings. The predicted molar refractivity (Wildman–Crippen MR) is 108 cm³/mol. The van der Waals surface area contributed by atoms with E-state index in [1.165, 1.54) is 18.2 Å². The van der Waals surface area contributed by atoms with Crippen molar-refractivity contribution in [3.8, 4) is 11.5 Å². The van der Waals surface area contributed by atoms with Gasteiger partial charge >= 0.3 is 0 Å².